The van der Waals surface area contributed by atoms with E-state index in [0.717, 1.165) is 36.4 Å². The summed E-state index contributed by atoms with van der Waals surface area (Å²) in [5, 5.41) is 2.90. The van der Waals surface area contributed by atoms with E-state index in [4.69, 9.17) is 9.47 Å². The second-order valence-corrected chi connectivity index (χ2v) is 6.74. The summed E-state index contributed by atoms with van der Waals surface area (Å²) in [5.41, 5.74) is 1.32. The summed E-state index contributed by atoms with van der Waals surface area (Å²) in [6.07, 6.45) is 3.11. The van der Waals surface area contributed by atoms with Gasteiger partial charge >= 0.3 is 0 Å². The van der Waals surface area contributed by atoms with Crippen molar-refractivity contribution in [2.45, 2.75) is 40.0 Å². The van der Waals surface area contributed by atoms with E-state index in [-0.39, 0.29) is 5.91 Å². The molecule has 0 saturated heterocycles. The van der Waals surface area contributed by atoms with Gasteiger partial charge in [-0.1, -0.05) is 33.3 Å². The highest BCUT2D eigenvalue weighted by Gasteiger charge is 2.08. The molecule has 2 aromatic carbocycles. The van der Waals surface area contributed by atoms with Gasteiger partial charge in [-0.25, -0.2) is 0 Å². The van der Waals surface area contributed by atoms with Gasteiger partial charge in [0.05, 0.1) is 13.2 Å². The number of anilines is 1. The first kappa shape index (κ1) is 19.8. The Morgan fingerprint density at radius 1 is 1.00 bits per heavy atom. The van der Waals surface area contributed by atoms with Crippen molar-refractivity contribution < 1.29 is 14.3 Å². The third-order valence-electron chi connectivity index (χ3n) is 3.94. The van der Waals surface area contributed by atoms with E-state index in [1.807, 2.05) is 36.4 Å². The first-order chi connectivity index (χ1) is 12.6. The molecule has 0 fully saturated rings. The van der Waals surface area contributed by atoms with Crippen LogP contribution in [0, 0.1) is 5.92 Å². The number of ether oxygens (including phenoxy) is 2. The molecule has 0 bridgehead atoms. The van der Waals surface area contributed by atoms with Gasteiger partial charge in [0.25, 0.3) is 5.91 Å². The van der Waals surface area contributed by atoms with Gasteiger partial charge in [-0.2, -0.15) is 0 Å². The normalized spacial score (nSPS) is 10.6. The van der Waals surface area contributed by atoms with E-state index in [1.54, 1.807) is 12.1 Å². The van der Waals surface area contributed by atoms with Crippen molar-refractivity contribution in [1.82, 2.24) is 0 Å². The van der Waals surface area contributed by atoms with Crippen LogP contribution in [0.2, 0.25) is 0 Å². The molecule has 0 radical (unpaired) electrons. The van der Waals surface area contributed by atoms with Gasteiger partial charge in [-0.05, 0) is 61.2 Å². The number of carbonyl (C=O) groups is 1. The molecule has 2 aromatic rings. The Morgan fingerprint density at radius 3 is 2.42 bits per heavy atom. The van der Waals surface area contributed by atoms with Crippen LogP contribution in [-0.4, -0.2) is 19.1 Å². The van der Waals surface area contributed by atoms with Crippen LogP contribution in [0.4, 0.5) is 5.69 Å². The maximum absolute atomic E-state index is 12.4. The van der Waals surface area contributed by atoms with Crippen LogP contribution in [-0.2, 0) is 0 Å². The van der Waals surface area contributed by atoms with Crippen molar-refractivity contribution in [3.05, 3.63) is 54.1 Å². The molecule has 0 spiro atoms. The summed E-state index contributed by atoms with van der Waals surface area (Å²) in [6, 6.07) is 14.7. The van der Waals surface area contributed by atoms with Gasteiger partial charge in [0, 0.05) is 11.3 Å². The first-order valence-corrected chi connectivity index (χ1v) is 9.35. The largest absolute Gasteiger partial charge is 0.494 e. The summed E-state index contributed by atoms with van der Waals surface area (Å²) >= 11 is 0. The van der Waals surface area contributed by atoms with Gasteiger partial charge in [0.15, 0.2) is 0 Å². The van der Waals surface area contributed by atoms with Crippen LogP contribution < -0.4 is 14.8 Å². The second-order valence-electron chi connectivity index (χ2n) is 6.74. The first-order valence-electron chi connectivity index (χ1n) is 9.35. The van der Waals surface area contributed by atoms with E-state index >= 15 is 0 Å². The lowest BCUT2D eigenvalue weighted by atomic mass is 10.1. The van der Waals surface area contributed by atoms with Gasteiger partial charge in [0.1, 0.15) is 11.5 Å². The summed E-state index contributed by atoms with van der Waals surface area (Å²) in [4.78, 5) is 12.4. The van der Waals surface area contributed by atoms with Gasteiger partial charge in [0.2, 0.25) is 0 Å². The highest BCUT2D eigenvalue weighted by atomic mass is 16.5. The number of amides is 1. The summed E-state index contributed by atoms with van der Waals surface area (Å²) < 4.78 is 11.4. The molecule has 2 rings (SSSR count). The predicted molar refractivity (Wildman–Crippen MR) is 106 cm³/mol. The Balaban J connectivity index is 1.89. The highest BCUT2D eigenvalue weighted by molar-refractivity contribution is 6.04. The lowest BCUT2D eigenvalue weighted by molar-refractivity contribution is 0.102. The van der Waals surface area contributed by atoms with Crippen molar-refractivity contribution in [3.63, 3.8) is 0 Å². The predicted octanol–water partition coefficient (Wildman–Crippen LogP) is 5.54. The molecule has 0 heterocycles. The monoisotopic (exact) mass is 355 g/mol. The van der Waals surface area contributed by atoms with E-state index in [2.05, 4.69) is 26.1 Å². The summed E-state index contributed by atoms with van der Waals surface area (Å²) in [5.74, 6) is 2.00. The molecule has 0 aromatic heterocycles. The highest BCUT2D eigenvalue weighted by Crippen LogP contribution is 2.19. The maximum atomic E-state index is 12.4. The van der Waals surface area contributed by atoms with E-state index in [9.17, 15) is 4.79 Å². The molecule has 4 heteroatoms. The topological polar surface area (TPSA) is 47.6 Å². The maximum Gasteiger partial charge on any atom is 0.255 e. The molecule has 26 heavy (non-hydrogen) atoms. The summed E-state index contributed by atoms with van der Waals surface area (Å²) in [7, 11) is 0. The Hall–Kier alpha value is -2.49. The second kappa shape index (κ2) is 10.5. The SMILES string of the molecule is CCCCOc1cccc(C(=O)Nc2ccc(OCCC(C)C)cc2)c1. The number of nitrogens with one attached hydrogen (secondary N) is 1. The smallest absolute Gasteiger partial charge is 0.255 e. The molecular weight excluding hydrogens is 326 g/mol. The molecule has 4 nitrogen and oxygen atoms in total. The molecule has 0 unspecified atom stereocenters. The average molecular weight is 355 g/mol. The van der Waals surface area contributed by atoms with Crippen LogP contribution in [0.5, 0.6) is 11.5 Å². The zero-order chi connectivity index (χ0) is 18.8. The van der Waals surface area contributed by atoms with Crippen molar-refractivity contribution in [2.75, 3.05) is 18.5 Å². The molecular formula is C22H29NO3. The number of hydrogen-bond acceptors (Lipinski definition) is 3. The third-order valence-corrected chi connectivity index (χ3v) is 3.94. The third kappa shape index (κ3) is 6.79. The lowest BCUT2D eigenvalue weighted by Gasteiger charge is -2.10. The zero-order valence-electron chi connectivity index (χ0n) is 16.0. The van der Waals surface area contributed by atoms with Crippen molar-refractivity contribution >= 4 is 11.6 Å². The molecule has 1 N–H and O–H groups in total. The Bertz CT molecular complexity index is 680. The van der Waals surface area contributed by atoms with Crippen LogP contribution >= 0.6 is 0 Å². The number of unbranched alkanes of at least 4 members (excludes halogenated alkanes) is 1. The minimum absolute atomic E-state index is 0.153. The fourth-order valence-corrected chi connectivity index (χ4v) is 2.31. The number of rotatable bonds is 10. The molecule has 1 amide bonds. The Labute approximate surface area is 156 Å². The Kier molecular flexibility index (Phi) is 8.00. The van der Waals surface area contributed by atoms with Crippen LogP contribution in [0.25, 0.3) is 0 Å². The van der Waals surface area contributed by atoms with Crippen molar-refractivity contribution in [2.24, 2.45) is 5.92 Å². The van der Waals surface area contributed by atoms with Gasteiger partial charge in [-0.3, -0.25) is 4.79 Å². The van der Waals surface area contributed by atoms with Crippen LogP contribution in [0.1, 0.15) is 50.4 Å². The van der Waals surface area contributed by atoms with E-state index in [1.165, 1.54) is 0 Å². The quantitative estimate of drug-likeness (QED) is 0.569. The van der Waals surface area contributed by atoms with E-state index in [0.29, 0.717) is 24.7 Å². The van der Waals surface area contributed by atoms with Crippen LogP contribution in [0.15, 0.2) is 48.5 Å². The molecule has 0 aliphatic rings. The Morgan fingerprint density at radius 2 is 1.73 bits per heavy atom. The fraction of sp³-hybridized carbons (Fsp3) is 0.409. The summed E-state index contributed by atoms with van der Waals surface area (Å²) in [6.45, 7) is 7.83. The van der Waals surface area contributed by atoms with Gasteiger partial charge in [-0.15, -0.1) is 0 Å². The standard InChI is InChI=1S/C22H29NO3/c1-4-5-14-25-21-8-6-7-18(16-21)22(24)23-19-9-11-20(12-10-19)26-15-13-17(2)3/h6-12,16-17H,4-5,13-15H2,1-3H3,(H,23,24). The fourth-order valence-electron chi connectivity index (χ4n) is 2.31. The minimum Gasteiger partial charge on any atom is -0.494 e. The average Bonchev–Trinajstić information content (AvgIpc) is 2.63. The molecule has 0 atom stereocenters. The minimum atomic E-state index is -0.153. The molecule has 0 saturated carbocycles. The van der Waals surface area contributed by atoms with Gasteiger partial charge < -0.3 is 14.8 Å². The van der Waals surface area contributed by atoms with Crippen LogP contribution in [0.3, 0.4) is 0 Å². The number of hydrogen-bond donors (Lipinski definition) is 1. The molecule has 140 valence electrons. The lowest BCUT2D eigenvalue weighted by Crippen LogP contribution is -2.12. The zero-order valence-corrected chi connectivity index (χ0v) is 16.0. The number of carbonyl (C=O) groups excluding carboxylic acids is 1. The van der Waals surface area contributed by atoms with E-state index < -0.39 is 0 Å². The molecule has 0 aliphatic carbocycles. The van der Waals surface area contributed by atoms with Crippen molar-refractivity contribution in [3.8, 4) is 11.5 Å². The molecule has 0 aliphatic heterocycles. The van der Waals surface area contributed by atoms with Crippen molar-refractivity contribution in [1.29, 1.82) is 0 Å². The number of benzene rings is 2.